The van der Waals surface area contributed by atoms with Crippen LogP contribution in [0.15, 0.2) is 52.9 Å². The van der Waals surface area contributed by atoms with Crippen LogP contribution in [0.4, 0.5) is 5.69 Å². The van der Waals surface area contributed by atoms with Crippen LogP contribution in [0.5, 0.6) is 0 Å². The maximum Gasteiger partial charge on any atom is 0.330 e. The maximum absolute atomic E-state index is 12.3. The van der Waals surface area contributed by atoms with Crippen molar-refractivity contribution in [3.63, 3.8) is 0 Å². The van der Waals surface area contributed by atoms with Gasteiger partial charge in [0.2, 0.25) is 5.91 Å². The summed E-state index contributed by atoms with van der Waals surface area (Å²) in [5.41, 5.74) is 1.31. The Balaban J connectivity index is 1.55. The third-order valence-electron chi connectivity index (χ3n) is 3.92. The Labute approximate surface area is 165 Å². The Bertz CT molecular complexity index is 1070. The largest absolute Gasteiger partial charge is 0.463 e. The number of rotatable bonds is 7. The van der Waals surface area contributed by atoms with Gasteiger partial charge in [0.1, 0.15) is 4.83 Å². The zero-order chi connectivity index (χ0) is 19.9. The number of amides is 1. The van der Waals surface area contributed by atoms with E-state index in [4.69, 9.17) is 4.74 Å². The first-order valence-electron chi connectivity index (χ1n) is 8.74. The first-order valence-corrected chi connectivity index (χ1v) is 9.62. The molecule has 0 unspecified atom stereocenters. The molecule has 0 aliphatic rings. The van der Waals surface area contributed by atoms with Crippen LogP contribution in [0.25, 0.3) is 16.3 Å². The maximum atomic E-state index is 12.3. The molecule has 144 valence electrons. The molecule has 0 radical (unpaired) electrons. The van der Waals surface area contributed by atoms with Gasteiger partial charge in [-0.3, -0.25) is 14.2 Å². The van der Waals surface area contributed by atoms with Crippen molar-refractivity contribution in [2.45, 2.75) is 19.9 Å². The number of aromatic nitrogens is 2. The van der Waals surface area contributed by atoms with Gasteiger partial charge < -0.3 is 10.1 Å². The van der Waals surface area contributed by atoms with Crippen molar-refractivity contribution in [1.82, 2.24) is 9.55 Å². The molecule has 1 N–H and O–H groups in total. The highest BCUT2D eigenvalue weighted by Crippen LogP contribution is 2.14. The van der Waals surface area contributed by atoms with Gasteiger partial charge in [-0.15, -0.1) is 11.3 Å². The number of fused-ring (bicyclic) bond motifs is 1. The van der Waals surface area contributed by atoms with Crippen molar-refractivity contribution >= 4 is 45.2 Å². The minimum atomic E-state index is -0.398. The molecule has 0 aliphatic carbocycles. The predicted octanol–water partition coefficient (Wildman–Crippen LogP) is 3.06. The number of benzene rings is 1. The summed E-state index contributed by atoms with van der Waals surface area (Å²) in [6, 6.07) is 8.79. The van der Waals surface area contributed by atoms with Gasteiger partial charge in [-0.25, -0.2) is 9.78 Å². The van der Waals surface area contributed by atoms with E-state index in [2.05, 4.69) is 10.3 Å². The van der Waals surface area contributed by atoms with E-state index in [1.54, 1.807) is 43.3 Å². The molecule has 3 aromatic rings. The van der Waals surface area contributed by atoms with Crippen molar-refractivity contribution in [2.24, 2.45) is 0 Å². The SMILES string of the molecule is CCOC(=O)/C=C/c1ccc(NC(=O)CCn2cnc3sccc3c2=O)cc1. The molecular formula is C20H19N3O4S. The van der Waals surface area contributed by atoms with Gasteiger partial charge >= 0.3 is 5.97 Å². The molecule has 7 nitrogen and oxygen atoms in total. The fraction of sp³-hybridized carbons (Fsp3) is 0.200. The van der Waals surface area contributed by atoms with Gasteiger partial charge in [-0.2, -0.15) is 0 Å². The van der Waals surface area contributed by atoms with Gasteiger partial charge in [0.05, 0.1) is 18.3 Å². The van der Waals surface area contributed by atoms with Crippen LogP contribution in [-0.2, 0) is 20.9 Å². The molecule has 3 rings (SSSR count). The van der Waals surface area contributed by atoms with E-state index in [-0.39, 0.29) is 24.4 Å². The number of carbonyl (C=O) groups is 2. The standard InChI is InChI=1S/C20H19N3O4S/c1-2-27-18(25)8-5-14-3-6-15(7-4-14)22-17(24)9-11-23-13-21-19-16(20(23)26)10-12-28-19/h3-8,10,12-13H,2,9,11H2,1H3,(H,22,24)/b8-5+. The summed E-state index contributed by atoms with van der Waals surface area (Å²) >= 11 is 1.41. The Hall–Kier alpha value is -3.26. The lowest BCUT2D eigenvalue weighted by atomic mass is 10.2. The van der Waals surface area contributed by atoms with Crippen LogP contribution >= 0.6 is 11.3 Å². The quantitative estimate of drug-likeness (QED) is 0.489. The number of anilines is 1. The van der Waals surface area contributed by atoms with E-state index in [0.717, 1.165) is 5.56 Å². The number of aryl methyl sites for hydroxylation is 1. The zero-order valence-corrected chi connectivity index (χ0v) is 16.1. The Kier molecular flexibility index (Phi) is 6.33. The lowest BCUT2D eigenvalue weighted by Crippen LogP contribution is -2.23. The van der Waals surface area contributed by atoms with Crippen molar-refractivity contribution in [3.8, 4) is 0 Å². The summed E-state index contributed by atoms with van der Waals surface area (Å²) in [7, 11) is 0. The number of esters is 1. The summed E-state index contributed by atoms with van der Waals surface area (Å²) in [5.74, 6) is -0.600. The number of carbonyl (C=O) groups excluding carboxylic acids is 2. The molecule has 28 heavy (non-hydrogen) atoms. The van der Waals surface area contributed by atoms with Crippen LogP contribution in [0.3, 0.4) is 0 Å². The molecule has 1 aromatic carbocycles. The van der Waals surface area contributed by atoms with Crippen molar-refractivity contribution in [2.75, 3.05) is 11.9 Å². The monoisotopic (exact) mass is 397 g/mol. The predicted molar refractivity (Wildman–Crippen MR) is 109 cm³/mol. The van der Waals surface area contributed by atoms with E-state index in [1.165, 1.54) is 28.3 Å². The first-order chi connectivity index (χ1) is 13.6. The smallest absolute Gasteiger partial charge is 0.330 e. The summed E-state index contributed by atoms with van der Waals surface area (Å²) in [6.07, 6.45) is 4.62. The van der Waals surface area contributed by atoms with Gasteiger partial charge in [0.15, 0.2) is 0 Å². The number of hydrogen-bond donors (Lipinski definition) is 1. The van der Waals surface area contributed by atoms with E-state index in [9.17, 15) is 14.4 Å². The molecule has 0 atom stereocenters. The highest BCUT2D eigenvalue weighted by Gasteiger charge is 2.08. The lowest BCUT2D eigenvalue weighted by Gasteiger charge is -2.07. The number of nitrogens with zero attached hydrogens (tertiary/aromatic N) is 2. The second-order valence-corrected chi connectivity index (χ2v) is 6.78. The molecule has 2 heterocycles. The lowest BCUT2D eigenvalue weighted by molar-refractivity contribution is -0.137. The van der Waals surface area contributed by atoms with Crippen LogP contribution in [0, 0.1) is 0 Å². The third kappa shape index (κ3) is 4.92. The molecule has 0 spiro atoms. The molecular weight excluding hydrogens is 378 g/mol. The number of ether oxygens (including phenoxy) is 1. The summed E-state index contributed by atoms with van der Waals surface area (Å²) in [4.78, 5) is 40.7. The first kappa shape index (κ1) is 19.5. The Morgan fingerprint density at radius 3 is 2.79 bits per heavy atom. The number of nitrogens with one attached hydrogen (secondary N) is 1. The molecule has 0 saturated heterocycles. The Morgan fingerprint density at radius 2 is 2.04 bits per heavy atom. The second kappa shape index (κ2) is 9.09. The molecule has 0 bridgehead atoms. The highest BCUT2D eigenvalue weighted by molar-refractivity contribution is 7.16. The molecule has 0 aliphatic heterocycles. The summed E-state index contributed by atoms with van der Waals surface area (Å²) < 4.78 is 6.26. The molecule has 8 heteroatoms. The Morgan fingerprint density at radius 1 is 1.25 bits per heavy atom. The molecule has 2 aromatic heterocycles. The number of hydrogen-bond acceptors (Lipinski definition) is 6. The van der Waals surface area contributed by atoms with Crippen LogP contribution in [0.2, 0.25) is 0 Å². The van der Waals surface area contributed by atoms with E-state index in [1.807, 2.05) is 5.38 Å². The fourth-order valence-corrected chi connectivity index (χ4v) is 3.25. The van der Waals surface area contributed by atoms with E-state index >= 15 is 0 Å². The van der Waals surface area contributed by atoms with E-state index in [0.29, 0.717) is 22.5 Å². The van der Waals surface area contributed by atoms with Gasteiger partial charge in [-0.05, 0) is 42.1 Å². The van der Waals surface area contributed by atoms with Crippen molar-refractivity contribution in [1.29, 1.82) is 0 Å². The van der Waals surface area contributed by atoms with Crippen molar-refractivity contribution in [3.05, 3.63) is 64.0 Å². The molecule has 1 amide bonds. The second-order valence-electron chi connectivity index (χ2n) is 5.89. The van der Waals surface area contributed by atoms with Gasteiger partial charge in [0.25, 0.3) is 5.56 Å². The summed E-state index contributed by atoms with van der Waals surface area (Å²) in [5, 5.41) is 5.18. The average Bonchev–Trinajstić information content (AvgIpc) is 3.17. The molecule has 0 saturated carbocycles. The van der Waals surface area contributed by atoms with Gasteiger partial charge in [-0.1, -0.05) is 12.1 Å². The van der Waals surface area contributed by atoms with Crippen LogP contribution in [0.1, 0.15) is 18.9 Å². The topological polar surface area (TPSA) is 90.3 Å². The zero-order valence-electron chi connectivity index (χ0n) is 15.3. The highest BCUT2D eigenvalue weighted by atomic mass is 32.1. The number of thiophene rings is 1. The minimum absolute atomic E-state index is 0.142. The van der Waals surface area contributed by atoms with E-state index < -0.39 is 5.97 Å². The van der Waals surface area contributed by atoms with Crippen molar-refractivity contribution < 1.29 is 14.3 Å². The minimum Gasteiger partial charge on any atom is -0.463 e. The van der Waals surface area contributed by atoms with Crippen LogP contribution in [-0.4, -0.2) is 28.0 Å². The van der Waals surface area contributed by atoms with Crippen LogP contribution < -0.4 is 10.9 Å². The molecule has 0 fully saturated rings. The normalized spacial score (nSPS) is 11.0. The van der Waals surface area contributed by atoms with Gasteiger partial charge in [0, 0.05) is 24.7 Å². The fourth-order valence-electron chi connectivity index (χ4n) is 2.53. The third-order valence-corrected chi connectivity index (χ3v) is 4.74. The average molecular weight is 397 g/mol. The summed E-state index contributed by atoms with van der Waals surface area (Å²) in [6.45, 7) is 2.33.